The van der Waals surface area contributed by atoms with Gasteiger partial charge in [-0.3, -0.25) is 4.79 Å². The number of ether oxygens (including phenoxy) is 1. The number of rotatable bonds is 6. The zero-order valence-electron chi connectivity index (χ0n) is 16.3. The van der Waals surface area contributed by atoms with Gasteiger partial charge in [0.1, 0.15) is 34.0 Å². The Morgan fingerprint density at radius 1 is 1.07 bits per heavy atom. The van der Waals surface area contributed by atoms with Crippen molar-refractivity contribution >= 4 is 23.4 Å². The Morgan fingerprint density at radius 2 is 1.72 bits per heavy atom. The van der Waals surface area contributed by atoms with Crippen LogP contribution in [0.4, 0.5) is 5.69 Å². The van der Waals surface area contributed by atoms with Crippen molar-refractivity contribution in [1.29, 1.82) is 5.26 Å². The van der Waals surface area contributed by atoms with E-state index in [1.54, 1.807) is 45.0 Å². The Balaban J connectivity index is 1.64. The minimum absolute atomic E-state index is 0.176. The number of anilines is 1. The summed E-state index contributed by atoms with van der Waals surface area (Å²) in [5.41, 5.74) is 1.69. The number of carbonyl (C=O) groups is 1. The van der Waals surface area contributed by atoms with Gasteiger partial charge in [0.15, 0.2) is 0 Å². The van der Waals surface area contributed by atoms with Crippen LogP contribution in [0.3, 0.4) is 0 Å². The summed E-state index contributed by atoms with van der Waals surface area (Å²) >= 11 is 1.25. The molecule has 3 rings (SSSR count). The van der Waals surface area contributed by atoms with Gasteiger partial charge < -0.3 is 10.1 Å². The second-order valence-electron chi connectivity index (χ2n) is 6.34. The molecule has 0 bridgehead atoms. The molecule has 1 amide bonds. The van der Waals surface area contributed by atoms with Gasteiger partial charge in [-0.05, 0) is 57.2 Å². The van der Waals surface area contributed by atoms with Gasteiger partial charge in [0.05, 0.1) is 10.9 Å². The molecule has 0 radical (unpaired) electrons. The maximum absolute atomic E-state index is 12.6. The molecule has 0 spiro atoms. The predicted octanol–water partition coefficient (Wildman–Crippen LogP) is 4.88. The minimum atomic E-state index is -0.434. The Kier molecular flexibility index (Phi) is 6.47. The molecule has 1 N–H and O–H groups in total. The van der Waals surface area contributed by atoms with Crippen molar-refractivity contribution < 1.29 is 9.53 Å². The fourth-order valence-corrected chi connectivity index (χ4v) is 3.59. The third-order valence-electron chi connectivity index (χ3n) is 4.04. The lowest BCUT2D eigenvalue weighted by Gasteiger charge is -2.13. The van der Waals surface area contributed by atoms with E-state index >= 15 is 0 Å². The lowest BCUT2D eigenvalue weighted by Crippen LogP contribution is -2.22. The maximum atomic E-state index is 12.6. The number of amides is 1. The van der Waals surface area contributed by atoms with Crippen molar-refractivity contribution in [2.24, 2.45) is 0 Å². The van der Waals surface area contributed by atoms with Gasteiger partial charge >= 0.3 is 0 Å². The first-order valence-electron chi connectivity index (χ1n) is 9.02. The highest BCUT2D eigenvalue weighted by atomic mass is 32.2. The fourth-order valence-electron chi connectivity index (χ4n) is 2.59. The summed E-state index contributed by atoms with van der Waals surface area (Å²) in [7, 11) is 0. The van der Waals surface area contributed by atoms with Crippen LogP contribution in [0.2, 0.25) is 0 Å². The number of benzene rings is 2. The average Bonchev–Trinajstić information content (AvgIpc) is 2.70. The summed E-state index contributed by atoms with van der Waals surface area (Å²) in [6, 6.07) is 18.8. The summed E-state index contributed by atoms with van der Waals surface area (Å²) in [6.45, 7) is 5.31. The van der Waals surface area contributed by atoms with Gasteiger partial charge in [-0.2, -0.15) is 5.26 Å². The zero-order valence-corrected chi connectivity index (χ0v) is 17.2. The van der Waals surface area contributed by atoms with Crippen LogP contribution in [-0.4, -0.2) is 21.1 Å². The first-order chi connectivity index (χ1) is 14.0. The van der Waals surface area contributed by atoms with E-state index in [1.807, 2.05) is 30.3 Å². The van der Waals surface area contributed by atoms with E-state index in [0.29, 0.717) is 33.5 Å². The van der Waals surface area contributed by atoms with E-state index in [9.17, 15) is 10.1 Å². The molecule has 3 aromatic rings. The van der Waals surface area contributed by atoms with Crippen molar-refractivity contribution in [2.75, 3.05) is 5.32 Å². The largest absolute Gasteiger partial charge is 0.457 e. The highest BCUT2D eigenvalue weighted by Gasteiger charge is 2.19. The quantitative estimate of drug-likeness (QED) is 0.465. The lowest BCUT2D eigenvalue weighted by atomic mass is 10.2. The summed E-state index contributed by atoms with van der Waals surface area (Å²) in [5.74, 6) is 1.83. The monoisotopic (exact) mass is 404 g/mol. The number of thioether (sulfide) groups is 1. The zero-order chi connectivity index (χ0) is 20.8. The van der Waals surface area contributed by atoms with Crippen molar-refractivity contribution in [1.82, 2.24) is 9.97 Å². The first-order valence-corrected chi connectivity index (χ1v) is 9.90. The molecule has 29 heavy (non-hydrogen) atoms. The van der Waals surface area contributed by atoms with Crippen molar-refractivity contribution in [3.05, 3.63) is 71.7 Å². The molecule has 0 saturated heterocycles. The van der Waals surface area contributed by atoms with E-state index in [2.05, 4.69) is 21.4 Å². The predicted molar refractivity (Wildman–Crippen MR) is 113 cm³/mol. The SMILES string of the molecule is Cc1nc(C)c(C#N)c(SC(C)C(=O)Nc2ccc(Oc3ccccc3)cc2)n1. The topological polar surface area (TPSA) is 87.9 Å². The van der Waals surface area contributed by atoms with Gasteiger partial charge in [-0.15, -0.1) is 0 Å². The minimum Gasteiger partial charge on any atom is -0.457 e. The average molecular weight is 404 g/mol. The van der Waals surface area contributed by atoms with Crippen LogP contribution >= 0.6 is 11.8 Å². The van der Waals surface area contributed by atoms with E-state index in [0.717, 1.165) is 5.75 Å². The summed E-state index contributed by atoms with van der Waals surface area (Å²) in [4.78, 5) is 21.1. The number of nitriles is 1. The van der Waals surface area contributed by atoms with Crippen LogP contribution in [0, 0.1) is 25.2 Å². The molecule has 1 atom stereocenters. The molecule has 0 aliphatic carbocycles. The Morgan fingerprint density at radius 3 is 2.38 bits per heavy atom. The molecule has 2 aromatic carbocycles. The van der Waals surface area contributed by atoms with E-state index < -0.39 is 5.25 Å². The van der Waals surface area contributed by atoms with E-state index in [-0.39, 0.29) is 5.91 Å². The standard InChI is InChI=1S/C22H20N4O2S/c1-14-20(13-23)22(25-16(3)24-14)29-15(2)21(27)26-17-9-11-19(12-10-17)28-18-7-5-4-6-8-18/h4-12,15H,1-3H3,(H,26,27). The van der Waals surface area contributed by atoms with Gasteiger partial charge in [0.2, 0.25) is 5.91 Å². The maximum Gasteiger partial charge on any atom is 0.237 e. The molecule has 146 valence electrons. The van der Waals surface area contributed by atoms with Crippen LogP contribution in [0.1, 0.15) is 24.0 Å². The van der Waals surface area contributed by atoms with Crippen LogP contribution in [0.5, 0.6) is 11.5 Å². The van der Waals surface area contributed by atoms with Gasteiger partial charge in [0, 0.05) is 5.69 Å². The van der Waals surface area contributed by atoms with Crippen LogP contribution < -0.4 is 10.1 Å². The molecular formula is C22H20N4O2S. The normalized spacial score (nSPS) is 11.4. The summed E-state index contributed by atoms with van der Waals surface area (Å²) < 4.78 is 5.75. The Hall–Kier alpha value is -3.37. The number of nitrogens with one attached hydrogen (secondary N) is 1. The number of nitrogens with zero attached hydrogens (tertiary/aromatic N) is 3. The smallest absolute Gasteiger partial charge is 0.237 e. The first kappa shape index (κ1) is 20.4. The molecule has 1 heterocycles. The number of para-hydroxylation sites is 1. The summed E-state index contributed by atoms with van der Waals surface area (Å²) in [5, 5.41) is 12.3. The van der Waals surface area contributed by atoms with Gasteiger partial charge in [-0.1, -0.05) is 30.0 Å². The number of aryl methyl sites for hydroxylation is 2. The number of hydrogen-bond acceptors (Lipinski definition) is 6. The van der Waals surface area contributed by atoms with Crippen LogP contribution in [0.15, 0.2) is 59.6 Å². The molecule has 0 aliphatic heterocycles. The molecule has 0 aliphatic rings. The number of hydrogen-bond donors (Lipinski definition) is 1. The highest BCUT2D eigenvalue weighted by molar-refractivity contribution is 8.00. The lowest BCUT2D eigenvalue weighted by molar-refractivity contribution is -0.115. The highest BCUT2D eigenvalue weighted by Crippen LogP contribution is 2.27. The van der Waals surface area contributed by atoms with Crippen molar-refractivity contribution in [2.45, 2.75) is 31.0 Å². The van der Waals surface area contributed by atoms with E-state index in [1.165, 1.54) is 11.8 Å². The molecule has 0 saturated carbocycles. The second kappa shape index (κ2) is 9.22. The molecular weight excluding hydrogens is 384 g/mol. The van der Waals surface area contributed by atoms with Gasteiger partial charge in [-0.25, -0.2) is 9.97 Å². The van der Waals surface area contributed by atoms with Crippen LogP contribution in [0.25, 0.3) is 0 Å². The molecule has 1 aromatic heterocycles. The molecule has 6 nitrogen and oxygen atoms in total. The fraction of sp³-hybridized carbons (Fsp3) is 0.182. The van der Waals surface area contributed by atoms with Crippen molar-refractivity contribution in [3.63, 3.8) is 0 Å². The third kappa shape index (κ3) is 5.33. The number of carbonyl (C=O) groups excluding carboxylic acids is 1. The number of aromatic nitrogens is 2. The third-order valence-corrected chi connectivity index (χ3v) is 5.13. The van der Waals surface area contributed by atoms with Crippen molar-refractivity contribution in [3.8, 4) is 17.6 Å². The molecule has 1 unspecified atom stereocenters. The molecule has 7 heteroatoms. The van der Waals surface area contributed by atoms with Gasteiger partial charge in [0.25, 0.3) is 0 Å². The van der Waals surface area contributed by atoms with Crippen LogP contribution in [-0.2, 0) is 4.79 Å². The second-order valence-corrected chi connectivity index (χ2v) is 7.67. The summed E-state index contributed by atoms with van der Waals surface area (Å²) in [6.07, 6.45) is 0. The molecule has 0 fully saturated rings. The Bertz CT molecular complexity index is 1050. The Labute approximate surface area is 174 Å². The van der Waals surface area contributed by atoms with E-state index in [4.69, 9.17) is 4.74 Å².